The highest BCUT2D eigenvalue weighted by Gasteiger charge is 2.15. The number of anilines is 1. The molecule has 0 aromatic heterocycles. The van der Waals surface area contributed by atoms with Crippen molar-refractivity contribution in [2.75, 3.05) is 12.4 Å². The van der Waals surface area contributed by atoms with Gasteiger partial charge in [-0.1, -0.05) is 6.07 Å². The van der Waals surface area contributed by atoms with E-state index in [9.17, 15) is 4.79 Å². The molecule has 2 aromatic carbocycles. The van der Waals surface area contributed by atoms with Gasteiger partial charge in [-0.15, -0.1) is 0 Å². The average molecular weight is 397 g/mol. The van der Waals surface area contributed by atoms with Gasteiger partial charge in [0.15, 0.2) is 6.10 Å². The van der Waals surface area contributed by atoms with Crippen LogP contribution in [0.2, 0.25) is 0 Å². The van der Waals surface area contributed by atoms with Gasteiger partial charge < -0.3 is 14.8 Å². The Morgan fingerprint density at radius 1 is 1.14 bits per heavy atom. The Hall–Kier alpha value is -1.76. The molecule has 5 heteroatoms. The first-order valence-corrected chi connectivity index (χ1v) is 7.53. The van der Waals surface area contributed by atoms with E-state index in [4.69, 9.17) is 9.47 Å². The molecule has 21 heavy (non-hydrogen) atoms. The van der Waals surface area contributed by atoms with E-state index >= 15 is 0 Å². The lowest BCUT2D eigenvalue weighted by atomic mass is 10.3. The van der Waals surface area contributed by atoms with Gasteiger partial charge in [-0.3, -0.25) is 4.79 Å². The highest BCUT2D eigenvalue weighted by molar-refractivity contribution is 14.1. The largest absolute Gasteiger partial charge is 0.497 e. The van der Waals surface area contributed by atoms with Crippen molar-refractivity contribution in [3.8, 4) is 11.5 Å². The zero-order valence-corrected chi connectivity index (χ0v) is 14.0. The fourth-order valence-corrected chi connectivity index (χ4v) is 2.27. The molecule has 0 aliphatic rings. The summed E-state index contributed by atoms with van der Waals surface area (Å²) in [5, 5.41) is 2.83. The Morgan fingerprint density at radius 3 is 2.43 bits per heavy atom. The number of ether oxygens (including phenoxy) is 2. The Balaban J connectivity index is 1.95. The molecule has 110 valence electrons. The molecular weight excluding hydrogens is 381 g/mol. The summed E-state index contributed by atoms with van der Waals surface area (Å²) in [6.07, 6.45) is -0.587. The van der Waals surface area contributed by atoms with Crippen molar-refractivity contribution in [1.82, 2.24) is 0 Å². The van der Waals surface area contributed by atoms with Gasteiger partial charge in [0.1, 0.15) is 11.5 Å². The van der Waals surface area contributed by atoms with Gasteiger partial charge in [0.2, 0.25) is 0 Å². The minimum Gasteiger partial charge on any atom is -0.497 e. The molecule has 1 unspecified atom stereocenters. The van der Waals surface area contributed by atoms with Crippen molar-refractivity contribution >= 4 is 34.2 Å². The molecule has 0 aliphatic heterocycles. The zero-order chi connectivity index (χ0) is 15.2. The Labute approximate surface area is 137 Å². The van der Waals surface area contributed by atoms with Gasteiger partial charge >= 0.3 is 0 Å². The number of amides is 1. The van der Waals surface area contributed by atoms with Crippen LogP contribution in [0.4, 0.5) is 5.69 Å². The second kappa shape index (κ2) is 7.31. The third-order valence-electron chi connectivity index (χ3n) is 2.83. The number of halogens is 1. The predicted octanol–water partition coefficient (Wildman–Crippen LogP) is 3.71. The number of hydrogen-bond acceptors (Lipinski definition) is 3. The van der Waals surface area contributed by atoms with Gasteiger partial charge in [0.05, 0.1) is 7.11 Å². The van der Waals surface area contributed by atoms with Crippen LogP contribution in [0.15, 0.2) is 48.5 Å². The number of hydrogen-bond donors (Lipinski definition) is 1. The number of carbonyl (C=O) groups is 1. The Bertz CT molecular complexity index is 613. The van der Waals surface area contributed by atoms with Crippen LogP contribution in [0.3, 0.4) is 0 Å². The van der Waals surface area contributed by atoms with Crippen molar-refractivity contribution in [2.45, 2.75) is 13.0 Å². The summed E-state index contributed by atoms with van der Waals surface area (Å²) < 4.78 is 11.7. The predicted molar refractivity (Wildman–Crippen MR) is 90.9 cm³/mol. The van der Waals surface area contributed by atoms with Crippen molar-refractivity contribution in [1.29, 1.82) is 0 Å². The summed E-state index contributed by atoms with van der Waals surface area (Å²) >= 11 is 2.20. The SMILES string of the molecule is COc1ccc(OC(C)C(=O)Nc2cccc(I)c2)cc1. The van der Waals surface area contributed by atoms with E-state index in [1.807, 2.05) is 24.3 Å². The van der Waals surface area contributed by atoms with E-state index < -0.39 is 6.10 Å². The van der Waals surface area contributed by atoms with E-state index in [0.717, 1.165) is 15.0 Å². The molecule has 2 rings (SSSR count). The van der Waals surface area contributed by atoms with Crippen molar-refractivity contribution in [3.05, 3.63) is 52.1 Å². The van der Waals surface area contributed by atoms with Crippen molar-refractivity contribution in [2.24, 2.45) is 0 Å². The van der Waals surface area contributed by atoms with Gasteiger partial charge in [0.25, 0.3) is 5.91 Å². The van der Waals surface area contributed by atoms with E-state index in [2.05, 4.69) is 27.9 Å². The fraction of sp³-hybridized carbons (Fsp3) is 0.188. The molecule has 0 aliphatic carbocycles. The second-order valence-electron chi connectivity index (χ2n) is 4.44. The van der Waals surface area contributed by atoms with Gasteiger partial charge in [-0.05, 0) is 72.0 Å². The standard InChI is InChI=1S/C16H16INO3/c1-11(21-15-8-6-14(20-2)7-9-15)16(19)18-13-5-3-4-12(17)10-13/h3-11H,1-2H3,(H,18,19). The second-order valence-corrected chi connectivity index (χ2v) is 5.68. The third-order valence-corrected chi connectivity index (χ3v) is 3.50. The molecule has 0 heterocycles. The maximum atomic E-state index is 12.1. The van der Waals surface area contributed by atoms with E-state index in [1.165, 1.54) is 0 Å². The third kappa shape index (κ3) is 4.63. The molecule has 1 N–H and O–H groups in total. The summed E-state index contributed by atoms with van der Waals surface area (Å²) in [7, 11) is 1.60. The van der Waals surface area contributed by atoms with Gasteiger partial charge in [-0.2, -0.15) is 0 Å². The molecule has 0 fully saturated rings. The molecule has 0 saturated heterocycles. The zero-order valence-electron chi connectivity index (χ0n) is 11.8. The van der Waals surface area contributed by atoms with E-state index in [1.54, 1.807) is 38.3 Å². The summed E-state index contributed by atoms with van der Waals surface area (Å²) in [5.41, 5.74) is 0.761. The maximum absolute atomic E-state index is 12.1. The Morgan fingerprint density at radius 2 is 1.81 bits per heavy atom. The molecule has 1 amide bonds. The molecule has 0 spiro atoms. The quantitative estimate of drug-likeness (QED) is 0.783. The first kappa shape index (κ1) is 15.6. The van der Waals surface area contributed by atoms with Crippen molar-refractivity contribution < 1.29 is 14.3 Å². The number of carbonyl (C=O) groups excluding carboxylic acids is 1. The Kier molecular flexibility index (Phi) is 5.44. The molecule has 0 saturated carbocycles. The average Bonchev–Trinajstić information content (AvgIpc) is 2.48. The van der Waals surface area contributed by atoms with Crippen LogP contribution in [0.5, 0.6) is 11.5 Å². The first-order chi connectivity index (χ1) is 10.1. The van der Waals surface area contributed by atoms with Crippen LogP contribution < -0.4 is 14.8 Å². The van der Waals surface area contributed by atoms with Crippen LogP contribution in [0.1, 0.15) is 6.92 Å². The van der Waals surface area contributed by atoms with Crippen molar-refractivity contribution in [3.63, 3.8) is 0 Å². The lowest BCUT2D eigenvalue weighted by molar-refractivity contribution is -0.122. The number of benzene rings is 2. The number of nitrogens with one attached hydrogen (secondary N) is 1. The monoisotopic (exact) mass is 397 g/mol. The normalized spacial score (nSPS) is 11.6. The summed E-state index contributed by atoms with van der Waals surface area (Å²) in [5.74, 6) is 1.19. The van der Waals surface area contributed by atoms with Crippen LogP contribution >= 0.6 is 22.6 Å². The minimum absolute atomic E-state index is 0.187. The summed E-state index contributed by atoms with van der Waals surface area (Å²) in [6.45, 7) is 1.72. The topological polar surface area (TPSA) is 47.6 Å². The molecule has 1 atom stereocenters. The minimum atomic E-state index is -0.587. The van der Waals surface area contributed by atoms with Crippen LogP contribution in [-0.2, 0) is 4.79 Å². The molecule has 0 radical (unpaired) electrons. The fourth-order valence-electron chi connectivity index (χ4n) is 1.72. The molecular formula is C16H16INO3. The lowest BCUT2D eigenvalue weighted by Gasteiger charge is -2.15. The lowest BCUT2D eigenvalue weighted by Crippen LogP contribution is -2.30. The summed E-state index contributed by atoms with van der Waals surface area (Å²) in [4.78, 5) is 12.1. The molecule has 0 bridgehead atoms. The van der Waals surface area contributed by atoms with Crippen LogP contribution in [0, 0.1) is 3.57 Å². The highest BCUT2D eigenvalue weighted by atomic mass is 127. The van der Waals surface area contributed by atoms with E-state index in [-0.39, 0.29) is 5.91 Å². The van der Waals surface area contributed by atoms with Crippen LogP contribution in [0.25, 0.3) is 0 Å². The van der Waals surface area contributed by atoms with E-state index in [0.29, 0.717) is 5.75 Å². The first-order valence-electron chi connectivity index (χ1n) is 6.45. The maximum Gasteiger partial charge on any atom is 0.265 e. The molecule has 4 nitrogen and oxygen atoms in total. The number of rotatable bonds is 5. The highest BCUT2D eigenvalue weighted by Crippen LogP contribution is 2.19. The van der Waals surface area contributed by atoms with Gasteiger partial charge in [-0.25, -0.2) is 0 Å². The van der Waals surface area contributed by atoms with Gasteiger partial charge in [0, 0.05) is 9.26 Å². The smallest absolute Gasteiger partial charge is 0.265 e. The molecule has 2 aromatic rings. The summed E-state index contributed by atoms with van der Waals surface area (Å²) in [6, 6.07) is 14.7. The number of methoxy groups -OCH3 is 1. The van der Waals surface area contributed by atoms with Crippen LogP contribution in [-0.4, -0.2) is 19.1 Å².